The summed E-state index contributed by atoms with van der Waals surface area (Å²) in [6.45, 7) is 7.95. The highest BCUT2D eigenvalue weighted by molar-refractivity contribution is 7.89. The van der Waals surface area contributed by atoms with Crippen LogP contribution in [-0.2, 0) is 38.4 Å². The van der Waals surface area contributed by atoms with Crippen LogP contribution < -0.4 is 5.32 Å². The van der Waals surface area contributed by atoms with Gasteiger partial charge in [0.2, 0.25) is 15.9 Å². The largest absolute Gasteiger partial charge is 0.379 e. The number of fused-ring (bicyclic) bond motifs is 1. The Morgan fingerprint density at radius 2 is 1.76 bits per heavy atom. The summed E-state index contributed by atoms with van der Waals surface area (Å²) < 4.78 is 34.6. The summed E-state index contributed by atoms with van der Waals surface area (Å²) in [5.41, 5.74) is 3.46. The molecule has 0 radical (unpaired) electrons. The van der Waals surface area contributed by atoms with Gasteiger partial charge >= 0.3 is 0 Å². The lowest BCUT2D eigenvalue weighted by atomic mass is 9.87. The molecule has 0 saturated carbocycles. The van der Waals surface area contributed by atoms with E-state index in [4.69, 9.17) is 4.74 Å². The number of nitrogens with one attached hydrogen (secondary N) is 1. The maximum absolute atomic E-state index is 13.0. The quantitative estimate of drug-likeness (QED) is 0.578. The van der Waals surface area contributed by atoms with Crippen molar-refractivity contribution in [2.75, 3.05) is 31.6 Å². The Labute approximate surface area is 201 Å². The van der Waals surface area contributed by atoms with Crippen molar-refractivity contribution in [3.63, 3.8) is 0 Å². The van der Waals surface area contributed by atoms with Gasteiger partial charge in [0.1, 0.15) is 5.82 Å². The van der Waals surface area contributed by atoms with Crippen LogP contribution in [0.2, 0.25) is 0 Å². The second kappa shape index (κ2) is 9.48. The highest BCUT2D eigenvalue weighted by atomic mass is 32.2. The summed E-state index contributed by atoms with van der Waals surface area (Å²) in [5.74, 6) is 0.639. The van der Waals surface area contributed by atoms with Crippen LogP contribution in [0.4, 0.5) is 5.69 Å². The van der Waals surface area contributed by atoms with E-state index in [1.807, 2.05) is 35.9 Å². The maximum Gasteiger partial charge on any atom is 0.243 e. The van der Waals surface area contributed by atoms with Crippen LogP contribution in [0.3, 0.4) is 0 Å². The third-order valence-corrected chi connectivity index (χ3v) is 8.06. The van der Waals surface area contributed by atoms with E-state index in [9.17, 15) is 13.2 Å². The molecule has 34 heavy (non-hydrogen) atoms. The van der Waals surface area contributed by atoms with Gasteiger partial charge in [-0.15, -0.1) is 0 Å². The zero-order valence-corrected chi connectivity index (χ0v) is 21.0. The van der Waals surface area contributed by atoms with Crippen LogP contribution in [0.5, 0.6) is 0 Å². The van der Waals surface area contributed by atoms with Gasteiger partial charge in [-0.25, -0.2) is 13.4 Å². The first-order valence-corrected chi connectivity index (χ1v) is 12.9. The number of carbonyl (C=O) groups excluding carboxylic acids is 1. The number of benzene rings is 2. The molecule has 182 valence electrons. The van der Waals surface area contributed by atoms with Crippen molar-refractivity contribution < 1.29 is 17.9 Å². The molecule has 2 heterocycles. The fraction of sp³-hybridized carbons (Fsp3) is 0.440. The van der Waals surface area contributed by atoms with Crippen molar-refractivity contribution in [3.05, 3.63) is 53.9 Å². The second-order valence-corrected chi connectivity index (χ2v) is 11.6. The van der Waals surface area contributed by atoms with Gasteiger partial charge in [-0.05, 0) is 41.3 Å². The predicted molar refractivity (Wildman–Crippen MR) is 132 cm³/mol. The van der Waals surface area contributed by atoms with Gasteiger partial charge < -0.3 is 14.6 Å². The molecule has 0 unspecified atom stereocenters. The van der Waals surface area contributed by atoms with Gasteiger partial charge in [0.05, 0.1) is 29.1 Å². The lowest BCUT2D eigenvalue weighted by Gasteiger charge is -2.26. The maximum atomic E-state index is 13.0. The molecule has 3 aromatic rings. The molecule has 1 N–H and O–H groups in total. The summed E-state index contributed by atoms with van der Waals surface area (Å²) in [4.78, 5) is 17.4. The van der Waals surface area contributed by atoms with Crippen LogP contribution in [0, 0.1) is 0 Å². The van der Waals surface area contributed by atoms with Gasteiger partial charge in [0.15, 0.2) is 0 Å². The second-order valence-electron chi connectivity index (χ2n) is 9.63. The van der Waals surface area contributed by atoms with Crippen LogP contribution in [0.1, 0.15) is 38.6 Å². The highest BCUT2D eigenvalue weighted by Crippen LogP contribution is 2.25. The van der Waals surface area contributed by atoms with E-state index < -0.39 is 10.0 Å². The fourth-order valence-electron chi connectivity index (χ4n) is 4.05. The average molecular weight is 485 g/mol. The van der Waals surface area contributed by atoms with Crippen LogP contribution >= 0.6 is 0 Å². The number of aromatic nitrogens is 2. The average Bonchev–Trinajstić information content (AvgIpc) is 3.13. The highest BCUT2D eigenvalue weighted by Gasteiger charge is 2.27. The molecule has 0 aliphatic carbocycles. The number of rotatable bonds is 6. The third kappa shape index (κ3) is 5.16. The Balaban J connectivity index is 1.44. The summed E-state index contributed by atoms with van der Waals surface area (Å²) in [6, 6.07) is 12.9. The zero-order chi connectivity index (χ0) is 24.5. The normalized spacial score (nSPS) is 15.5. The molecule has 0 bridgehead atoms. The van der Waals surface area contributed by atoms with E-state index in [0.717, 1.165) is 17.0 Å². The number of imidazole rings is 1. The van der Waals surface area contributed by atoms with Crippen molar-refractivity contribution in [3.8, 4) is 0 Å². The molecule has 0 spiro atoms. The monoisotopic (exact) mass is 484 g/mol. The molecule has 0 atom stereocenters. The minimum absolute atomic E-state index is 0.0597. The third-order valence-electron chi connectivity index (χ3n) is 6.16. The Hall–Kier alpha value is -2.75. The zero-order valence-electron chi connectivity index (χ0n) is 20.2. The SMILES string of the molecule is Cn1c(CCC(=O)Nc2ccc(C(C)(C)C)cc2)nc2cc(S(=O)(=O)N3CCOCC3)ccc21. The number of morpholine rings is 1. The summed E-state index contributed by atoms with van der Waals surface area (Å²) >= 11 is 0. The molecule has 1 aromatic heterocycles. The fourth-order valence-corrected chi connectivity index (χ4v) is 5.48. The number of anilines is 1. The van der Waals surface area contributed by atoms with Gasteiger partial charge in [-0.1, -0.05) is 32.9 Å². The van der Waals surface area contributed by atoms with Crippen LogP contribution in [0.15, 0.2) is 47.4 Å². The lowest BCUT2D eigenvalue weighted by Crippen LogP contribution is -2.40. The summed E-state index contributed by atoms with van der Waals surface area (Å²) in [5, 5.41) is 2.94. The number of nitrogens with zero attached hydrogens (tertiary/aromatic N) is 3. The van der Waals surface area contributed by atoms with E-state index in [1.54, 1.807) is 18.2 Å². The predicted octanol–water partition coefficient (Wildman–Crippen LogP) is 3.46. The van der Waals surface area contributed by atoms with Gasteiger partial charge in [0, 0.05) is 38.7 Å². The van der Waals surface area contributed by atoms with Gasteiger partial charge in [-0.3, -0.25) is 4.79 Å². The first-order chi connectivity index (χ1) is 16.1. The molecule has 1 amide bonds. The Bertz CT molecular complexity index is 1280. The van der Waals surface area contributed by atoms with E-state index >= 15 is 0 Å². The smallest absolute Gasteiger partial charge is 0.243 e. The molecular formula is C25H32N4O4S. The first kappa shape index (κ1) is 24.4. The van der Waals surface area contributed by atoms with Crippen LogP contribution in [-0.4, -0.2) is 54.5 Å². The Kier molecular flexibility index (Phi) is 6.80. The van der Waals surface area contributed by atoms with Crippen LogP contribution in [0.25, 0.3) is 11.0 Å². The van der Waals surface area contributed by atoms with Crippen molar-refractivity contribution >= 4 is 32.7 Å². The summed E-state index contributed by atoms with van der Waals surface area (Å²) in [6.07, 6.45) is 0.722. The number of sulfonamides is 1. The van der Waals surface area contributed by atoms with E-state index in [0.29, 0.717) is 38.2 Å². The lowest BCUT2D eigenvalue weighted by molar-refractivity contribution is -0.116. The number of hydrogen-bond donors (Lipinski definition) is 1. The Morgan fingerprint density at radius 1 is 1.09 bits per heavy atom. The number of ether oxygens (including phenoxy) is 1. The molecule has 1 aliphatic rings. The molecule has 1 aliphatic heterocycles. The molecule has 9 heteroatoms. The standard InChI is InChI=1S/C25H32N4O4S/c1-25(2,3)18-5-7-19(8-6-18)26-24(30)12-11-23-27-21-17-20(9-10-22(21)28(23)4)34(31,32)29-13-15-33-16-14-29/h5-10,17H,11-16H2,1-4H3,(H,26,30). The number of carbonyl (C=O) groups is 1. The number of aryl methyl sites for hydroxylation is 2. The van der Waals surface area contributed by atoms with Crippen molar-refractivity contribution in [2.45, 2.75) is 43.9 Å². The molecule has 1 saturated heterocycles. The molecule has 8 nitrogen and oxygen atoms in total. The minimum Gasteiger partial charge on any atom is -0.379 e. The first-order valence-electron chi connectivity index (χ1n) is 11.5. The van der Waals surface area contributed by atoms with Crippen molar-refractivity contribution in [2.24, 2.45) is 7.05 Å². The van der Waals surface area contributed by atoms with Gasteiger partial charge in [-0.2, -0.15) is 4.31 Å². The Morgan fingerprint density at radius 3 is 2.41 bits per heavy atom. The van der Waals surface area contributed by atoms with E-state index in [2.05, 4.69) is 31.1 Å². The number of hydrogen-bond acceptors (Lipinski definition) is 5. The van der Waals surface area contributed by atoms with Gasteiger partial charge in [0.25, 0.3) is 0 Å². The molecule has 2 aromatic carbocycles. The molecule has 1 fully saturated rings. The van der Waals surface area contributed by atoms with Crippen molar-refractivity contribution in [1.82, 2.24) is 13.9 Å². The topological polar surface area (TPSA) is 93.5 Å². The molecule has 4 rings (SSSR count). The van der Waals surface area contributed by atoms with E-state index in [-0.39, 0.29) is 22.6 Å². The van der Waals surface area contributed by atoms with Crippen molar-refractivity contribution in [1.29, 1.82) is 0 Å². The van der Waals surface area contributed by atoms with E-state index in [1.165, 1.54) is 9.87 Å². The number of amides is 1. The molecular weight excluding hydrogens is 452 g/mol. The summed E-state index contributed by atoms with van der Waals surface area (Å²) in [7, 11) is -1.71. The minimum atomic E-state index is -3.59.